The van der Waals surface area contributed by atoms with Gasteiger partial charge in [0.1, 0.15) is 5.75 Å². The van der Waals surface area contributed by atoms with Crippen LogP contribution < -0.4 is 24.8 Å². The first kappa shape index (κ1) is 15.4. The maximum atomic E-state index is 11.8. The smallest absolute Gasteiger partial charge is 0.258 e. The molecule has 0 saturated heterocycles. The molecule has 1 heterocycles. The summed E-state index contributed by atoms with van der Waals surface area (Å²) in [6, 6.07) is 3.63. The van der Waals surface area contributed by atoms with Crippen LogP contribution in [0.5, 0.6) is 17.2 Å². The summed E-state index contributed by atoms with van der Waals surface area (Å²) < 4.78 is 16.3. The van der Waals surface area contributed by atoms with Gasteiger partial charge in [0.2, 0.25) is 6.79 Å². The number of carbonyl (C=O) groups excluding carboxylic acids is 1. The fraction of sp³-hybridized carbons (Fsp3) is 0.533. The molecule has 1 aromatic rings. The van der Waals surface area contributed by atoms with Gasteiger partial charge in [-0.2, -0.15) is 0 Å². The zero-order valence-corrected chi connectivity index (χ0v) is 12.9. The monoisotopic (exact) mass is 294 g/mol. The Morgan fingerprint density at radius 1 is 1.29 bits per heavy atom. The minimum absolute atomic E-state index is 0.0341. The molecule has 1 aliphatic rings. The second-order valence-corrected chi connectivity index (χ2v) is 5.93. The Morgan fingerprint density at radius 3 is 2.57 bits per heavy atom. The number of hydrogen-bond donors (Lipinski definition) is 2. The van der Waals surface area contributed by atoms with Crippen molar-refractivity contribution in [1.29, 1.82) is 0 Å². The lowest BCUT2D eigenvalue weighted by atomic mass is 10.1. The number of carbonyl (C=O) groups is 1. The van der Waals surface area contributed by atoms with Crippen molar-refractivity contribution < 1.29 is 19.0 Å². The predicted octanol–water partition coefficient (Wildman–Crippen LogP) is 1.43. The third kappa shape index (κ3) is 4.26. The average Bonchev–Trinajstić information content (AvgIpc) is 2.81. The van der Waals surface area contributed by atoms with Crippen LogP contribution in [0, 0.1) is 0 Å². The van der Waals surface area contributed by atoms with Crippen LogP contribution in [0.2, 0.25) is 0 Å². The van der Waals surface area contributed by atoms with Gasteiger partial charge in [0.25, 0.3) is 5.91 Å². The maximum Gasteiger partial charge on any atom is 0.258 e. The van der Waals surface area contributed by atoms with Crippen LogP contribution in [-0.2, 0) is 11.3 Å². The highest BCUT2D eigenvalue weighted by atomic mass is 16.7. The van der Waals surface area contributed by atoms with E-state index < -0.39 is 0 Å². The molecule has 0 aromatic heterocycles. The third-order valence-corrected chi connectivity index (χ3v) is 2.80. The first-order chi connectivity index (χ1) is 9.89. The van der Waals surface area contributed by atoms with Crippen molar-refractivity contribution in [2.45, 2.75) is 32.9 Å². The number of hydrogen-bond acceptors (Lipinski definition) is 5. The highest BCUT2D eigenvalue weighted by Crippen LogP contribution is 2.38. The molecule has 0 atom stereocenters. The van der Waals surface area contributed by atoms with Gasteiger partial charge in [-0.3, -0.25) is 4.79 Å². The molecule has 0 unspecified atom stereocenters. The first-order valence-corrected chi connectivity index (χ1v) is 6.90. The van der Waals surface area contributed by atoms with Crippen LogP contribution in [0.3, 0.4) is 0 Å². The summed E-state index contributed by atoms with van der Waals surface area (Å²) in [6.45, 7) is 6.58. The van der Waals surface area contributed by atoms with Crippen molar-refractivity contribution in [3.05, 3.63) is 17.7 Å². The Labute approximate surface area is 124 Å². The highest BCUT2D eigenvalue weighted by Gasteiger charge is 2.19. The molecular weight excluding hydrogens is 272 g/mol. The van der Waals surface area contributed by atoms with E-state index in [1.54, 1.807) is 6.07 Å². The Balaban J connectivity index is 2.06. The minimum Gasteiger partial charge on any atom is -0.483 e. The van der Waals surface area contributed by atoms with E-state index in [2.05, 4.69) is 10.6 Å². The molecule has 116 valence electrons. The van der Waals surface area contributed by atoms with Crippen molar-refractivity contribution in [3.8, 4) is 17.2 Å². The fourth-order valence-corrected chi connectivity index (χ4v) is 2.03. The predicted molar refractivity (Wildman–Crippen MR) is 78.7 cm³/mol. The van der Waals surface area contributed by atoms with Gasteiger partial charge in [-0.15, -0.1) is 0 Å². The van der Waals surface area contributed by atoms with Gasteiger partial charge in [0, 0.05) is 23.7 Å². The molecule has 0 aliphatic carbocycles. The van der Waals surface area contributed by atoms with Gasteiger partial charge in [0.15, 0.2) is 18.1 Å². The van der Waals surface area contributed by atoms with Gasteiger partial charge in [0.05, 0.1) is 0 Å². The third-order valence-electron chi connectivity index (χ3n) is 2.80. The van der Waals surface area contributed by atoms with E-state index in [-0.39, 0.29) is 24.8 Å². The summed E-state index contributed by atoms with van der Waals surface area (Å²) in [5, 5.41) is 5.92. The Morgan fingerprint density at radius 2 is 1.95 bits per heavy atom. The van der Waals surface area contributed by atoms with Crippen molar-refractivity contribution in [3.63, 3.8) is 0 Å². The molecule has 0 fully saturated rings. The largest absolute Gasteiger partial charge is 0.483 e. The molecule has 0 spiro atoms. The van der Waals surface area contributed by atoms with E-state index >= 15 is 0 Å². The van der Waals surface area contributed by atoms with E-state index in [0.717, 1.165) is 5.56 Å². The molecule has 21 heavy (non-hydrogen) atoms. The van der Waals surface area contributed by atoms with E-state index in [1.165, 1.54) is 0 Å². The van der Waals surface area contributed by atoms with Crippen LogP contribution >= 0.6 is 0 Å². The second kappa shape index (κ2) is 6.22. The molecule has 0 radical (unpaired) electrons. The lowest BCUT2D eigenvalue weighted by molar-refractivity contribution is -0.124. The van der Waals surface area contributed by atoms with E-state index in [1.807, 2.05) is 33.9 Å². The van der Waals surface area contributed by atoms with Crippen molar-refractivity contribution in [2.24, 2.45) is 0 Å². The van der Waals surface area contributed by atoms with Gasteiger partial charge in [-0.25, -0.2) is 0 Å². The number of amides is 1. The second-order valence-electron chi connectivity index (χ2n) is 5.93. The number of fused-ring (bicyclic) bond motifs is 1. The summed E-state index contributed by atoms with van der Waals surface area (Å²) in [7, 11) is 1.85. The molecule has 1 aromatic carbocycles. The standard InChI is InChI=1S/C15H22N2O4/c1-15(2,3)17-14(18)8-19-11-6-13-12(20-9-21-13)5-10(11)7-16-4/h5-6,16H,7-9H2,1-4H3,(H,17,18). The highest BCUT2D eigenvalue weighted by molar-refractivity contribution is 5.78. The molecule has 6 heteroatoms. The molecule has 1 amide bonds. The zero-order chi connectivity index (χ0) is 15.5. The van der Waals surface area contributed by atoms with Crippen LogP contribution in [0.4, 0.5) is 0 Å². The van der Waals surface area contributed by atoms with Crippen LogP contribution in [0.15, 0.2) is 12.1 Å². The number of ether oxygens (including phenoxy) is 3. The fourth-order valence-electron chi connectivity index (χ4n) is 2.03. The lowest BCUT2D eigenvalue weighted by Crippen LogP contribution is -2.43. The molecule has 0 bridgehead atoms. The topological polar surface area (TPSA) is 68.8 Å². The Bertz CT molecular complexity index is 523. The Hall–Kier alpha value is -1.95. The number of nitrogens with one attached hydrogen (secondary N) is 2. The Kier molecular flexibility index (Phi) is 4.57. The van der Waals surface area contributed by atoms with Crippen molar-refractivity contribution in [1.82, 2.24) is 10.6 Å². The molecular formula is C15H22N2O4. The first-order valence-electron chi connectivity index (χ1n) is 6.90. The zero-order valence-electron chi connectivity index (χ0n) is 12.9. The van der Waals surface area contributed by atoms with Gasteiger partial charge in [-0.05, 0) is 33.9 Å². The quantitative estimate of drug-likeness (QED) is 0.860. The van der Waals surface area contributed by atoms with Crippen molar-refractivity contribution >= 4 is 5.91 Å². The number of benzene rings is 1. The van der Waals surface area contributed by atoms with Gasteiger partial charge < -0.3 is 24.8 Å². The SMILES string of the molecule is CNCc1cc2c(cc1OCC(=O)NC(C)(C)C)OCO2. The van der Waals surface area contributed by atoms with Crippen molar-refractivity contribution in [2.75, 3.05) is 20.4 Å². The molecule has 2 rings (SSSR count). The average molecular weight is 294 g/mol. The summed E-state index contributed by atoms with van der Waals surface area (Å²) in [4.78, 5) is 11.8. The molecule has 0 saturated carbocycles. The summed E-state index contributed by atoms with van der Waals surface area (Å²) in [5.74, 6) is 1.81. The van der Waals surface area contributed by atoms with Crippen LogP contribution in [0.25, 0.3) is 0 Å². The number of rotatable bonds is 5. The van der Waals surface area contributed by atoms with Gasteiger partial charge >= 0.3 is 0 Å². The summed E-state index contributed by atoms with van der Waals surface area (Å²) in [6.07, 6.45) is 0. The maximum absolute atomic E-state index is 11.8. The van der Waals surface area contributed by atoms with Crippen LogP contribution in [-0.4, -0.2) is 31.9 Å². The van der Waals surface area contributed by atoms with E-state index in [0.29, 0.717) is 23.8 Å². The molecule has 2 N–H and O–H groups in total. The van der Waals surface area contributed by atoms with E-state index in [9.17, 15) is 4.79 Å². The van der Waals surface area contributed by atoms with Crippen LogP contribution in [0.1, 0.15) is 26.3 Å². The minimum atomic E-state index is -0.275. The molecule has 1 aliphatic heterocycles. The molecule has 6 nitrogen and oxygen atoms in total. The van der Waals surface area contributed by atoms with Gasteiger partial charge in [-0.1, -0.05) is 0 Å². The lowest BCUT2D eigenvalue weighted by Gasteiger charge is -2.21. The normalized spacial score (nSPS) is 13.1. The summed E-state index contributed by atoms with van der Waals surface area (Å²) >= 11 is 0. The van der Waals surface area contributed by atoms with E-state index in [4.69, 9.17) is 14.2 Å². The summed E-state index contributed by atoms with van der Waals surface area (Å²) in [5.41, 5.74) is 0.647.